The Hall–Kier alpha value is -1.62. The largest absolute Gasteiger partial charge is 0.496 e. The van der Waals surface area contributed by atoms with Crippen molar-refractivity contribution >= 4 is 15.9 Å². The minimum atomic E-state index is -0.357. The summed E-state index contributed by atoms with van der Waals surface area (Å²) in [6.45, 7) is 0. The Kier molecular flexibility index (Phi) is 3.05. The van der Waals surface area contributed by atoms with Gasteiger partial charge in [-0.1, -0.05) is 0 Å². The van der Waals surface area contributed by atoms with Crippen LogP contribution < -0.4 is 10.4 Å². The van der Waals surface area contributed by atoms with Crippen molar-refractivity contribution in [2.45, 2.75) is 0 Å². The van der Waals surface area contributed by atoms with Crippen LogP contribution in [0.4, 0.5) is 0 Å². The lowest BCUT2D eigenvalue weighted by molar-refractivity contribution is 0.412. The molecule has 0 saturated heterocycles. The molecule has 0 atom stereocenters. The molecule has 0 spiro atoms. The highest BCUT2D eigenvalue weighted by Gasteiger charge is 2.03. The maximum atomic E-state index is 11.1. The molecule has 16 heavy (non-hydrogen) atoms. The number of rotatable bonds is 2. The Bertz CT molecular complexity index is 566. The molecule has 2 rings (SSSR count). The van der Waals surface area contributed by atoms with Crippen LogP contribution >= 0.6 is 15.9 Å². The third-order valence-electron chi connectivity index (χ3n) is 2.14. The summed E-state index contributed by atoms with van der Waals surface area (Å²) in [5.41, 5.74) is 1.26. The van der Waals surface area contributed by atoms with Gasteiger partial charge >= 0.3 is 5.69 Å². The fraction of sp³-hybridized carbons (Fsp3) is 0.0909. The lowest BCUT2D eigenvalue weighted by atomic mass is 10.1. The highest BCUT2D eigenvalue weighted by Crippen LogP contribution is 2.29. The topological polar surface area (TPSA) is 55.0 Å². The summed E-state index contributed by atoms with van der Waals surface area (Å²) in [7, 11) is 1.61. The number of hydrogen-bond donors (Lipinski definition) is 1. The molecule has 0 unspecified atom stereocenters. The van der Waals surface area contributed by atoms with Crippen molar-refractivity contribution in [2.75, 3.05) is 7.11 Å². The molecule has 1 aromatic carbocycles. The molecular formula is C11H9BrN2O2. The van der Waals surface area contributed by atoms with E-state index >= 15 is 0 Å². The van der Waals surface area contributed by atoms with E-state index in [0.717, 1.165) is 21.5 Å². The smallest absolute Gasteiger partial charge is 0.345 e. The van der Waals surface area contributed by atoms with Gasteiger partial charge in [-0.15, -0.1) is 0 Å². The van der Waals surface area contributed by atoms with E-state index in [4.69, 9.17) is 4.74 Å². The summed E-state index contributed by atoms with van der Waals surface area (Å²) in [5.74, 6) is 0.750. The van der Waals surface area contributed by atoms with Crippen LogP contribution in [0.25, 0.3) is 11.3 Å². The van der Waals surface area contributed by atoms with Gasteiger partial charge in [0.2, 0.25) is 0 Å². The van der Waals surface area contributed by atoms with Gasteiger partial charge in [-0.25, -0.2) is 9.78 Å². The number of ether oxygens (including phenoxy) is 1. The first-order valence-electron chi connectivity index (χ1n) is 4.60. The second-order valence-corrected chi connectivity index (χ2v) is 3.99. The van der Waals surface area contributed by atoms with E-state index in [9.17, 15) is 4.79 Å². The Balaban J connectivity index is 2.49. The zero-order valence-corrected chi connectivity index (χ0v) is 10.1. The van der Waals surface area contributed by atoms with Gasteiger partial charge in [0.1, 0.15) is 5.75 Å². The molecule has 4 nitrogen and oxygen atoms in total. The zero-order valence-electron chi connectivity index (χ0n) is 8.53. The average Bonchev–Trinajstić information content (AvgIpc) is 2.29. The molecule has 5 heteroatoms. The van der Waals surface area contributed by atoms with Crippen molar-refractivity contribution in [3.8, 4) is 17.0 Å². The number of nitrogens with zero attached hydrogens (tertiary/aromatic N) is 1. The van der Waals surface area contributed by atoms with E-state index < -0.39 is 0 Å². The van der Waals surface area contributed by atoms with E-state index in [2.05, 4.69) is 25.9 Å². The second kappa shape index (κ2) is 4.49. The minimum absolute atomic E-state index is 0.357. The number of methoxy groups -OCH3 is 1. The summed E-state index contributed by atoms with van der Waals surface area (Å²) in [4.78, 5) is 17.3. The zero-order chi connectivity index (χ0) is 11.5. The quantitative estimate of drug-likeness (QED) is 0.918. The molecule has 1 N–H and O–H groups in total. The predicted octanol–water partition coefficient (Wildman–Crippen LogP) is 2.21. The fourth-order valence-electron chi connectivity index (χ4n) is 1.37. The van der Waals surface area contributed by atoms with Gasteiger partial charge in [0.25, 0.3) is 0 Å². The van der Waals surface area contributed by atoms with Gasteiger partial charge in [-0.2, -0.15) is 0 Å². The fourth-order valence-corrected chi connectivity index (χ4v) is 1.91. The molecule has 0 radical (unpaired) electrons. The summed E-state index contributed by atoms with van der Waals surface area (Å²) >= 11 is 3.39. The van der Waals surface area contributed by atoms with Crippen LogP contribution in [-0.2, 0) is 0 Å². The maximum Gasteiger partial charge on any atom is 0.345 e. The molecule has 2 aromatic rings. The van der Waals surface area contributed by atoms with Gasteiger partial charge in [0.05, 0.1) is 17.3 Å². The Morgan fingerprint density at radius 3 is 2.81 bits per heavy atom. The molecule has 1 aromatic heterocycles. The second-order valence-electron chi connectivity index (χ2n) is 3.14. The van der Waals surface area contributed by atoms with Crippen molar-refractivity contribution in [1.29, 1.82) is 0 Å². The molecule has 0 aliphatic carbocycles. The molecule has 1 heterocycles. The molecule has 0 fully saturated rings. The van der Waals surface area contributed by atoms with Crippen molar-refractivity contribution in [3.05, 3.63) is 45.4 Å². The molecule has 0 aliphatic heterocycles. The van der Waals surface area contributed by atoms with Crippen LogP contribution in [0.2, 0.25) is 0 Å². The van der Waals surface area contributed by atoms with E-state index in [-0.39, 0.29) is 5.69 Å². The first-order chi connectivity index (χ1) is 7.70. The van der Waals surface area contributed by atoms with Gasteiger partial charge in [0, 0.05) is 6.20 Å². The molecule has 0 bridgehead atoms. The van der Waals surface area contributed by atoms with Gasteiger partial charge in [-0.05, 0) is 45.8 Å². The van der Waals surface area contributed by atoms with Crippen molar-refractivity contribution < 1.29 is 4.74 Å². The normalized spacial score (nSPS) is 10.1. The van der Waals surface area contributed by atoms with E-state index in [1.807, 2.05) is 18.2 Å². The van der Waals surface area contributed by atoms with Crippen molar-refractivity contribution in [3.63, 3.8) is 0 Å². The standard InChI is InChI=1S/C11H9BrN2O2/c1-16-10-3-2-7(6-8(10)12)9-4-5-13-11(15)14-9/h2-6H,1H3,(H,13,14,15). The van der Waals surface area contributed by atoms with Gasteiger partial charge in [0.15, 0.2) is 0 Å². The first-order valence-corrected chi connectivity index (χ1v) is 5.39. The minimum Gasteiger partial charge on any atom is -0.496 e. The Morgan fingerprint density at radius 1 is 1.38 bits per heavy atom. The highest BCUT2D eigenvalue weighted by molar-refractivity contribution is 9.10. The molecule has 0 aliphatic rings. The Morgan fingerprint density at radius 2 is 2.19 bits per heavy atom. The predicted molar refractivity (Wildman–Crippen MR) is 64.5 cm³/mol. The number of hydrogen-bond acceptors (Lipinski definition) is 3. The Labute approximate surface area is 100 Å². The molecule has 0 amide bonds. The number of nitrogens with one attached hydrogen (secondary N) is 1. The summed E-state index contributed by atoms with van der Waals surface area (Å²) < 4.78 is 5.97. The monoisotopic (exact) mass is 280 g/mol. The van der Waals surface area contributed by atoms with Crippen LogP contribution in [0, 0.1) is 0 Å². The number of H-pyrrole nitrogens is 1. The van der Waals surface area contributed by atoms with Crippen LogP contribution in [-0.4, -0.2) is 17.1 Å². The van der Waals surface area contributed by atoms with Crippen LogP contribution in [0.5, 0.6) is 5.75 Å². The van der Waals surface area contributed by atoms with Crippen LogP contribution in [0.15, 0.2) is 39.7 Å². The van der Waals surface area contributed by atoms with Gasteiger partial charge < -0.3 is 9.72 Å². The van der Waals surface area contributed by atoms with E-state index in [0.29, 0.717) is 0 Å². The molecule has 0 saturated carbocycles. The third-order valence-corrected chi connectivity index (χ3v) is 2.76. The van der Waals surface area contributed by atoms with E-state index in [1.54, 1.807) is 13.2 Å². The lowest BCUT2D eigenvalue weighted by Gasteiger charge is -2.05. The average molecular weight is 281 g/mol. The number of aromatic amines is 1. The van der Waals surface area contributed by atoms with Crippen molar-refractivity contribution in [2.24, 2.45) is 0 Å². The molecular weight excluding hydrogens is 272 g/mol. The van der Waals surface area contributed by atoms with Crippen LogP contribution in [0.3, 0.4) is 0 Å². The van der Waals surface area contributed by atoms with Gasteiger partial charge in [-0.3, -0.25) is 0 Å². The maximum absolute atomic E-state index is 11.1. The highest BCUT2D eigenvalue weighted by atomic mass is 79.9. The lowest BCUT2D eigenvalue weighted by Crippen LogP contribution is -2.09. The van der Waals surface area contributed by atoms with Crippen molar-refractivity contribution in [1.82, 2.24) is 9.97 Å². The number of benzene rings is 1. The first kappa shape index (κ1) is 10.9. The molecule has 82 valence electrons. The summed E-state index contributed by atoms with van der Waals surface area (Å²) in [5, 5.41) is 0. The summed E-state index contributed by atoms with van der Waals surface area (Å²) in [6, 6.07) is 7.33. The number of halogens is 1. The number of aromatic nitrogens is 2. The summed E-state index contributed by atoms with van der Waals surface area (Å²) in [6.07, 6.45) is 1.48. The van der Waals surface area contributed by atoms with Crippen LogP contribution in [0.1, 0.15) is 0 Å². The third kappa shape index (κ3) is 2.14. The SMILES string of the molecule is COc1ccc(-c2ccnc(=O)[nH]2)cc1Br. The van der Waals surface area contributed by atoms with E-state index in [1.165, 1.54) is 6.20 Å².